The Morgan fingerprint density at radius 3 is 2.82 bits per heavy atom. The van der Waals surface area contributed by atoms with Crippen molar-refractivity contribution >= 4 is 16.7 Å². The van der Waals surface area contributed by atoms with E-state index in [9.17, 15) is 0 Å². The van der Waals surface area contributed by atoms with Gasteiger partial charge in [0.2, 0.25) is 0 Å². The van der Waals surface area contributed by atoms with Crippen molar-refractivity contribution in [3.63, 3.8) is 0 Å². The van der Waals surface area contributed by atoms with Gasteiger partial charge in [-0.15, -0.1) is 0 Å². The summed E-state index contributed by atoms with van der Waals surface area (Å²) in [7, 11) is 0. The van der Waals surface area contributed by atoms with Crippen LogP contribution in [0.4, 0.5) is 5.82 Å². The number of hydrogen-bond donors (Lipinski definition) is 2. The van der Waals surface area contributed by atoms with Crippen LogP contribution in [-0.4, -0.2) is 46.1 Å². The quantitative estimate of drug-likeness (QED) is 0.304. The zero-order valence-corrected chi connectivity index (χ0v) is 20.1. The first-order chi connectivity index (χ1) is 16.6. The van der Waals surface area contributed by atoms with Gasteiger partial charge in [-0.3, -0.25) is 0 Å². The second kappa shape index (κ2) is 10.3. The Bertz CT molecular complexity index is 1240. The van der Waals surface area contributed by atoms with Crippen LogP contribution in [0, 0.1) is 6.92 Å². The van der Waals surface area contributed by atoms with Crippen molar-refractivity contribution in [2.24, 2.45) is 0 Å². The molecule has 0 bridgehead atoms. The van der Waals surface area contributed by atoms with Gasteiger partial charge in [0, 0.05) is 29.9 Å². The first kappa shape index (κ1) is 22.4. The lowest BCUT2D eigenvalue weighted by molar-refractivity contribution is 0.263. The van der Waals surface area contributed by atoms with Crippen molar-refractivity contribution in [1.82, 2.24) is 19.9 Å². The zero-order valence-electron chi connectivity index (χ0n) is 20.1. The molecule has 1 aliphatic rings. The van der Waals surface area contributed by atoms with Gasteiger partial charge in [-0.1, -0.05) is 24.3 Å². The minimum atomic E-state index is 0.0844. The molecule has 0 aliphatic carbocycles. The normalized spacial score (nSPS) is 15.0. The van der Waals surface area contributed by atoms with Gasteiger partial charge in [-0.25, -0.2) is 9.97 Å². The highest BCUT2D eigenvalue weighted by molar-refractivity contribution is 5.84. The van der Waals surface area contributed by atoms with Crippen molar-refractivity contribution in [2.45, 2.75) is 39.2 Å². The molecule has 1 atom stereocenters. The predicted molar refractivity (Wildman–Crippen MR) is 138 cm³/mol. The Labute approximate surface area is 201 Å². The molecule has 34 heavy (non-hydrogen) atoms. The third-order valence-corrected chi connectivity index (χ3v) is 6.50. The lowest BCUT2D eigenvalue weighted by atomic mass is 10.1. The van der Waals surface area contributed by atoms with Gasteiger partial charge in [0.05, 0.1) is 18.3 Å². The highest BCUT2D eigenvalue weighted by Gasteiger charge is 2.12. The van der Waals surface area contributed by atoms with Crippen molar-refractivity contribution in [3.05, 3.63) is 72.2 Å². The molecule has 1 saturated heterocycles. The number of anilines is 1. The summed E-state index contributed by atoms with van der Waals surface area (Å²) in [4.78, 5) is 15.1. The number of fused-ring (bicyclic) bond motifs is 1. The molecular weight excluding hydrogens is 422 g/mol. The number of nitrogens with zero attached hydrogens (tertiary/aromatic N) is 3. The van der Waals surface area contributed by atoms with Gasteiger partial charge in [0.25, 0.3) is 0 Å². The van der Waals surface area contributed by atoms with Crippen LogP contribution in [-0.2, 0) is 0 Å². The number of likely N-dealkylation sites (tertiary alicyclic amines) is 1. The molecule has 1 unspecified atom stereocenters. The molecule has 176 valence electrons. The van der Waals surface area contributed by atoms with E-state index in [2.05, 4.69) is 74.6 Å². The molecule has 3 heterocycles. The molecule has 2 aromatic carbocycles. The van der Waals surface area contributed by atoms with E-state index in [1.165, 1.54) is 36.9 Å². The average Bonchev–Trinajstić information content (AvgIpc) is 3.53. The maximum atomic E-state index is 6.05. The van der Waals surface area contributed by atoms with Gasteiger partial charge in [0.15, 0.2) is 0 Å². The first-order valence-electron chi connectivity index (χ1n) is 12.3. The lowest BCUT2D eigenvalue weighted by Gasteiger charge is -2.18. The number of nitrogens with one attached hydrogen (secondary N) is 2. The summed E-state index contributed by atoms with van der Waals surface area (Å²) < 4.78 is 6.05. The maximum Gasteiger partial charge on any atom is 0.130 e. The van der Waals surface area contributed by atoms with Gasteiger partial charge in [0.1, 0.15) is 17.4 Å². The van der Waals surface area contributed by atoms with Crippen LogP contribution in [0.5, 0.6) is 5.75 Å². The second-order valence-corrected chi connectivity index (χ2v) is 9.15. The summed E-state index contributed by atoms with van der Waals surface area (Å²) in [6.07, 6.45) is 5.70. The molecule has 1 aliphatic heterocycles. The molecule has 1 fully saturated rings. The summed E-state index contributed by atoms with van der Waals surface area (Å²) in [5.74, 6) is 2.48. The molecule has 0 saturated carbocycles. The summed E-state index contributed by atoms with van der Waals surface area (Å²) in [5.41, 5.74) is 4.26. The molecule has 5 rings (SSSR count). The molecule has 4 aromatic rings. The predicted octanol–water partition coefficient (Wildman–Crippen LogP) is 5.97. The molecule has 2 aromatic heterocycles. The maximum absolute atomic E-state index is 6.05. The van der Waals surface area contributed by atoms with Crippen molar-refractivity contribution in [3.8, 4) is 17.0 Å². The summed E-state index contributed by atoms with van der Waals surface area (Å²) in [5, 5.41) is 4.75. The number of aromatic amines is 1. The van der Waals surface area contributed by atoms with Gasteiger partial charge in [-0.2, -0.15) is 0 Å². The topological polar surface area (TPSA) is 66.1 Å². The van der Waals surface area contributed by atoms with Crippen LogP contribution in [0.1, 0.15) is 43.6 Å². The van der Waals surface area contributed by atoms with Crippen molar-refractivity contribution in [2.75, 3.05) is 31.6 Å². The highest BCUT2D eigenvalue weighted by Crippen LogP contribution is 2.27. The Hall–Kier alpha value is -3.38. The number of rotatable bonds is 9. The van der Waals surface area contributed by atoms with E-state index in [1.54, 1.807) is 0 Å². The van der Waals surface area contributed by atoms with Gasteiger partial charge in [-0.05, 0) is 81.4 Å². The van der Waals surface area contributed by atoms with E-state index in [0.29, 0.717) is 0 Å². The van der Waals surface area contributed by atoms with Crippen LogP contribution >= 0.6 is 0 Å². The van der Waals surface area contributed by atoms with E-state index in [-0.39, 0.29) is 6.04 Å². The van der Waals surface area contributed by atoms with Crippen LogP contribution in [0.15, 0.2) is 60.8 Å². The van der Waals surface area contributed by atoms with Crippen molar-refractivity contribution < 1.29 is 4.74 Å². The molecule has 0 radical (unpaired) electrons. The number of aryl methyl sites for hydroxylation is 1. The van der Waals surface area contributed by atoms with Crippen LogP contribution in [0.25, 0.3) is 22.2 Å². The Morgan fingerprint density at radius 2 is 1.94 bits per heavy atom. The number of hydrogen-bond acceptors (Lipinski definition) is 5. The SMILES string of the molecule is Cc1nc(NC(C)c2cccc(OCCCN3CCCC3)c2)cc(-c2ccc3cc[nH]c3c2)n1. The fraction of sp³-hybridized carbons (Fsp3) is 0.357. The fourth-order valence-electron chi connectivity index (χ4n) is 4.66. The number of H-pyrrole nitrogens is 1. The van der Waals surface area contributed by atoms with Gasteiger partial charge >= 0.3 is 0 Å². The largest absolute Gasteiger partial charge is 0.494 e. The number of aromatic nitrogens is 3. The van der Waals surface area contributed by atoms with E-state index < -0.39 is 0 Å². The van der Waals surface area contributed by atoms with E-state index in [1.807, 2.05) is 25.3 Å². The first-order valence-corrected chi connectivity index (χ1v) is 12.3. The summed E-state index contributed by atoms with van der Waals surface area (Å²) >= 11 is 0. The van der Waals surface area contributed by atoms with E-state index in [4.69, 9.17) is 4.74 Å². The van der Waals surface area contributed by atoms with Crippen LogP contribution < -0.4 is 10.1 Å². The Kier molecular flexibility index (Phi) is 6.77. The second-order valence-electron chi connectivity index (χ2n) is 9.15. The fourth-order valence-corrected chi connectivity index (χ4v) is 4.66. The summed E-state index contributed by atoms with van der Waals surface area (Å²) in [6.45, 7) is 8.44. The van der Waals surface area contributed by atoms with E-state index >= 15 is 0 Å². The standard InChI is InChI=1S/C28H33N5O/c1-20(23-7-5-8-25(17-23)34-16-6-15-33-13-3-4-14-33)30-28-19-27(31-21(2)32-28)24-10-9-22-11-12-29-26(22)18-24/h5,7-12,17-20,29H,3-4,6,13-16H2,1-2H3,(H,30,31,32). The highest BCUT2D eigenvalue weighted by atomic mass is 16.5. The Balaban J connectivity index is 1.24. The Morgan fingerprint density at radius 1 is 1.06 bits per heavy atom. The van der Waals surface area contributed by atoms with Crippen LogP contribution in [0.2, 0.25) is 0 Å². The van der Waals surface area contributed by atoms with Crippen LogP contribution in [0.3, 0.4) is 0 Å². The number of ether oxygens (including phenoxy) is 1. The zero-order chi connectivity index (χ0) is 23.3. The lowest BCUT2D eigenvalue weighted by Crippen LogP contribution is -2.21. The third-order valence-electron chi connectivity index (χ3n) is 6.50. The van der Waals surface area contributed by atoms with Crippen molar-refractivity contribution in [1.29, 1.82) is 0 Å². The van der Waals surface area contributed by atoms with Gasteiger partial charge < -0.3 is 19.9 Å². The van der Waals surface area contributed by atoms with E-state index in [0.717, 1.165) is 53.7 Å². The molecular formula is C28H33N5O. The molecule has 6 heteroatoms. The minimum Gasteiger partial charge on any atom is -0.494 e. The molecule has 2 N–H and O–H groups in total. The number of benzene rings is 2. The molecule has 0 amide bonds. The average molecular weight is 456 g/mol. The minimum absolute atomic E-state index is 0.0844. The smallest absolute Gasteiger partial charge is 0.130 e. The third kappa shape index (κ3) is 5.39. The monoisotopic (exact) mass is 455 g/mol. The molecule has 0 spiro atoms. The summed E-state index contributed by atoms with van der Waals surface area (Å²) in [6, 6.07) is 18.9. The molecule has 6 nitrogen and oxygen atoms in total.